The van der Waals surface area contributed by atoms with E-state index < -0.39 is 23.8 Å². The van der Waals surface area contributed by atoms with E-state index in [4.69, 9.17) is 4.74 Å². The van der Waals surface area contributed by atoms with Crippen molar-refractivity contribution in [2.24, 2.45) is 0 Å². The minimum atomic E-state index is -0.895. The Bertz CT molecular complexity index is 1400. The lowest BCUT2D eigenvalue weighted by molar-refractivity contribution is -0.141. The Kier molecular flexibility index (Phi) is 12.5. The average molecular weight is 606 g/mol. The molecular formula is C35H47N3O4S. The minimum Gasteiger partial charge on any atom is -0.444 e. The SMILES string of the molecule is CCCCCN(C(=O)C(CCSC)NC(=O)OC(C)(C)C)C(C(=O)Nc1ccc2ccccc2c1)c1cc(C)ccc1C. The van der Waals surface area contributed by atoms with Crippen molar-refractivity contribution < 1.29 is 19.1 Å². The van der Waals surface area contributed by atoms with Crippen LogP contribution in [0.3, 0.4) is 0 Å². The number of rotatable bonds is 13. The summed E-state index contributed by atoms with van der Waals surface area (Å²) in [5.41, 5.74) is 2.63. The van der Waals surface area contributed by atoms with Gasteiger partial charge in [0.2, 0.25) is 5.91 Å². The van der Waals surface area contributed by atoms with Gasteiger partial charge in [-0.3, -0.25) is 9.59 Å². The van der Waals surface area contributed by atoms with Gasteiger partial charge in [0.25, 0.3) is 5.91 Å². The van der Waals surface area contributed by atoms with Gasteiger partial charge in [0.1, 0.15) is 17.7 Å². The lowest BCUT2D eigenvalue weighted by atomic mass is 9.95. The summed E-state index contributed by atoms with van der Waals surface area (Å²) in [5.74, 6) is 0.0668. The molecule has 3 aromatic carbocycles. The predicted octanol–water partition coefficient (Wildman–Crippen LogP) is 7.80. The lowest BCUT2D eigenvalue weighted by Gasteiger charge is -2.35. The number of thioether (sulfide) groups is 1. The second kappa shape index (κ2) is 15.8. The van der Waals surface area contributed by atoms with Crippen LogP contribution in [-0.4, -0.2) is 53.0 Å². The molecule has 0 saturated carbocycles. The van der Waals surface area contributed by atoms with Crippen LogP contribution in [0.15, 0.2) is 60.7 Å². The summed E-state index contributed by atoms with van der Waals surface area (Å²) in [6.45, 7) is 11.8. The monoisotopic (exact) mass is 605 g/mol. The molecule has 0 spiro atoms. The number of fused-ring (bicyclic) bond motifs is 1. The zero-order valence-electron chi connectivity index (χ0n) is 26.7. The summed E-state index contributed by atoms with van der Waals surface area (Å²) in [6, 6.07) is 18.0. The quantitative estimate of drug-likeness (QED) is 0.194. The van der Waals surface area contributed by atoms with Crippen LogP contribution in [-0.2, 0) is 14.3 Å². The number of nitrogens with zero attached hydrogens (tertiary/aromatic N) is 1. The van der Waals surface area contributed by atoms with Crippen molar-refractivity contribution in [1.29, 1.82) is 0 Å². The topological polar surface area (TPSA) is 87.7 Å². The van der Waals surface area contributed by atoms with E-state index in [9.17, 15) is 14.4 Å². The van der Waals surface area contributed by atoms with E-state index in [1.54, 1.807) is 37.4 Å². The lowest BCUT2D eigenvalue weighted by Crippen LogP contribution is -2.53. The van der Waals surface area contributed by atoms with Gasteiger partial charge in [-0.05, 0) is 93.5 Å². The number of anilines is 1. The highest BCUT2D eigenvalue weighted by atomic mass is 32.2. The second-order valence-corrected chi connectivity index (χ2v) is 13.0. The number of hydrogen-bond donors (Lipinski definition) is 2. The average Bonchev–Trinajstić information content (AvgIpc) is 2.95. The van der Waals surface area contributed by atoms with Crippen LogP contribution in [0.2, 0.25) is 0 Å². The van der Waals surface area contributed by atoms with E-state index in [0.29, 0.717) is 24.4 Å². The summed E-state index contributed by atoms with van der Waals surface area (Å²) in [5, 5.41) is 8.02. The number of amides is 3. The molecule has 0 aliphatic rings. The molecule has 7 nitrogen and oxygen atoms in total. The van der Waals surface area contributed by atoms with E-state index in [0.717, 1.165) is 46.7 Å². The molecule has 0 radical (unpaired) electrons. The van der Waals surface area contributed by atoms with Gasteiger partial charge in [0.15, 0.2) is 0 Å². The van der Waals surface area contributed by atoms with Crippen LogP contribution in [0.5, 0.6) is 0 Å². The van der Waals surface area contributed by atoms with Crippen LogP contribution >= 0.6 is 11.8 Å². The molecule has 2 unspecified atom stereocenters. The molecule has 0 aliphatic heterocycles. The maximum absolute atomic E-state index is 14.5. The van der Waals surface area contributed by atoms with Gasteiger partial charge in [-0.15, -0.1) is 0 Å². The summed E-state index contributed by atoms with van der Waals surface area (Å²) >= 11 is 1.60. The second-order valence-electron chi connectivity index (χ2n) is 12.0. The summed E-state index contributed by atoms with van der Waals surface area (Å²) < 4.78 is 5.51. The van der Waals surface area contributed by atoms with E-state index in [1.807, 2.05) is 80.8 Å². The van der Waals surface area contributed by atoms with E-state index in [1.165, 1.54) is 0 Å². The number of alkyl carbamates (subject to hydrolysis) is 1. The van der Waals surface area contributed by atoms with Crippen LogP contribution < -0.4 is 10.6 Å². The molecule has 0 fully saturated rings. The van der Waals surface area contributed by atoms with Gasteiger partial charge in [0.05, 0.1) is 0 Å². The molecule has 0 aliphatic carbocycles. The number of benzene rings is 3. The van der Waals surface area contributed by atoms with Crippen LogP contribution in [0.4, 0.5) is 10.5 Å². The maximum atomic E-state index is 14.5. The van der Waals surface area contributed by atoms with Crippen LogP contribution in [0.25, 0.3) is 10.8 Å². The standard InChI is InChI=1S/C35H47N3O4S/c1-8-9-12-20-38(33(40)30(19-21-43-7)37-34(41)42-35(4,5)6)31(29-22-24(2)15-16-25(29)3)32(39)36-28-18-17-26-13-10-11-14-27(26)23-28/h10-11,13-18,22-23,30-31H,8-9,12,19-21H2,1-7H3,(H,36,39)(H,37,41). The summed E-state index contributed by atoms with van der Waals surface area (Å²) in [4.78, 5) is 43.3. The number of nitrogens with one attached hydrogen (secondary N) is 2. The highest BCUT2D eigenvalue weighted by molar-refractivity contribution is 7.98. The number of aryl methyl sites for hydroxylation is 2. The van der Waals surface area contributed by atoms with Crippen molar-refractivity contribution in [3.8, 4) is 0 Å². The van der Waals surface area contributed by atoms with Crippen molar-refractivity contribution in [3.05, 3.63) is 77.4 Å². The first-order valence-electron chi connectivity index (χ1n) is 15.1. The molecule has 3 amide bonds. The minimum absolute atomic E-state index is 0.296. The molecule has 232 valence electrons. The largest absolute Gasteiger partial charge is 0.444 e. The fourth-order valence-corrected chi connectivity index (χ4v) is 5.50. The highest BCUT2D eigenvalue weighted by Crippen LogP contribution is 2.30. The first kappa shape index (κ1) is 34.0. The van der Waals surface area contributed by atoms with Crippen LogP contribution in [0, 0.1) is 13.8 Å². The van der Waals surface area contributed by atoms with Crippen molar-refractivity contribution in [3.63, 3.8) is 0 Å². The third-order valence-electron chi connectivity index (χ3n) is 7.19. The number of carbonyl (C=O) groups is 3. The smallest absolute Gasteiger partial charge is 0.408 e. The van der Waals surface area contributed by atoms with Gasteiger partial charge in [-0.1, -0.05) is 73.9 Å². The van der Waals surface area contributed by atoms with Gasteiger partial charge >= 0.3 is 6.09 Å². The maximum Gasteiger partial charge on any atom is 0.408 e. The molecular weight excluding hydrogens is 558 g/mol. The first-order valence-corrected chi connectivity index (χ1v) is 16.5. The molecule has 43 heavy (non-hydrogen) atoms. The Morgan fingerprint density at radius 3 is 2.35 bits per heavy atom. The molecule has 3 aromatic rings. The molecule has 0 heterocycles. The Morgan fingerprint density at radius 2 is 1.67 bits per heavy atom. The van der Waals surface area contributed by atoms with Crippen molar-refractivity contribution >= 4 is 46.1 Å². The van der Waals surface area contributed by atoms with Gasteiger partial charge in [-0.25, -0.2) is 4.79 Å². The Labute approximate surface area is 261 Å². The fraction of sp³-hybridized carbons (Fsp3) is 0.457. The fourth-order valence-electron chi connectivity index (χ4n) is 5.02. The van der Waals surface area contributed by atoms with Crippen molar-refractivity contribution in [2.75, 3.05) is 23.9 Å². The van der Waals surface area contributed by atoms with E-state index >= 15 is 0 Å². The number of unbranched alkanes of at least 4 members (excludes halogenated alkanes) is 2. The molecule has 0 aromatic heterocycles. The molecule has 2 N–H and O–H groups in total. The van der Waals surface area contributed by atoms with Crippen molar-refractivity contribution in [1.82, 2.24) is 10.2 Å². The Hall–Kier alpha value is -3.52. The number of carbonyl (C=O) groups excluding carboxylic acids is 3. The normalized spacial score (nSPS) is 12.8. The third kappa shape index (κ3) is 10.0. The van der Waals surface area contributed by atoms with Gasteiger partial charge < -0.3 is 20.3 Å². The van der Waals surface area contributed by atoms with Gasteiger partial charge in [-0.2, -0.15) is 11.8 Å². The Balaban J connectivity index is 2.06. The first-order chi connectivity index (χ1) is 20.4. The third-order valence-corrected chi connectivity index (χ3v) is 7.84. The zero-order valence-corrected chi connectivity index (χ0v) is 27.5. The van der Waals surface area contributed by atoms with Crippen molar-refractivity contribution in [2.45, 2.75) is 84.9 Å². The Morgan fingerprint density at radius 1 is 0.953 bits per heavy atom. The molecule has 8 heteroatoms. The summed E-state index contributed by atoms with van der Waals surface area (Å²) in [6.07, 6.45) is 4.33. The van der Waals surface area contributed by atoms with Gasteiger partial charge in [0, 0.05) is 12.2 Å². The molecule has 3 rings (SSSR count). The van der Waals surface area contributed by atoms with E-state index in [-0.39, 0.29) is 11.8 Å². The molecule has 0 saturated heterocycles. The molecule has 0 bridgehead atoms. The van der Waals surface area contributed by atoms with E-state index in [2.05, 4.69) is 17.6 Å². The zero-order chi connectivity index (χ0) is 31.6. The number of ether oxygens (including phenoxy) is 1. The molecule has 2 atom stereocenters. The number of hydrogen-bond acceptors (Lipinski definition) is 5. The van der Waals surface area contributed by atoms with Crippen LogP contribution in [0.1, 0.15) is 76.1 Å². The summed E-state index contributed by atoms with van der Waals surface area (Å²) in [7, 11) is 0. The highest BCUT2D eigenvalue weighted by Gasteiger charge is 2.36. The predicted molar refractivity (Wildman–Crippen MR) is 179 cm³/mol.